The Labute approximate surface area is 128 Å². The molecule has 0 radical (unpaired) electrons. The smallest absolute Gasteiger partial charge is 0.214 e. The molecule has 0 aliphatic heterocycles. The summed E-state index contributed by atoms with van der Waals surface area (Å²) < 4.78 is 5.77. The molecule has 3 nitrogen and oxygen atoms in total. The highest BCUT2D eigenvalue weighted by Gasteiger charge is 2.05. The number of halogens is 1. The Morgan fingerprint density at radius 3 is 2.57 bits per heavy atom. The maximum atomic E-state index is 5.87. The van der Waals surface area contributed by atoms with Crippen molar-refractivity contribution in [3.63, 3.8) is 0 Å². The Kier molecular flexibility index (Phi) is 4.04. The summed E-state index contributed by atoms with van der Waals surface area (Å²) in [5.74, 6) is 0.587. The number of aromatic nitrogens is 1. The van der Waals surface area contributed by atoms with E-state index in [1.165, 1.54) is 0 Å². The van der Waals surface area contributed by atoms with Gasteiger partial charge in [-0.25, -0.2) is 4.98 Å². The molecule has 0 atom stereocenters. The van der Waals surface area contributed by atoms with Gasteiger partial charge in [0, 0.05) is 23.0 Å². The average Bonchev–Trinajstić information content (AvgIpc) is 2.53. The fourth-order valence-electron chi connectivity index (χ4n) is 2.20. The molecule has 2 aromatic carbocycles. The normalized spacial score (nSPS) is 10.8. The van der Waals surface area contributed by atoms with Crippen molar-refractivity contribution >= 4 is 22.5 Å². The van der Waals surface area contributed by atoms with Crippen LogP contribution in [0.15, 0.2) is 54.6 Å². The van der Waals surface area contributed by atoms with E-state index in [1.807, 2.05) is 54.6 Å². The number of ether oxygens (including phenoxy) is 1. The van der Waals surface area contributed by atoms with Crippen LogP contribution in [0, 0.1) is 0 Å². The third kappa shape index (κ3) is 3.15. The van der Waals surface area contributed by atoms with Gasteiger partial charge in [-0.1, -0.05) is 41.9 Å². The molecule has 2 N–H and O–H groups in total. The quantitative estimate of drug-likeness (QED) is 0.794. The minimum absolute atomic E-state index is 0.451. The number of benzene rings is 2. The molecule has 0 spiro atoms. The lowest BCUT2D eigenvalue weighted by molar-refractivity contribution is 0.295. The first-order valence-corrected chi connectivity index (χ1v) is 7.10. The van der Waals surface area contributed by atoms with Crippen LogP contribution in [-0.2, 0) is 13.2 Å². The zero-order chi connectivity index (χ0) is 14.7. The predicted molar refractivity (Wildman–Crippen MR) is 85.4 cm³/mol. The zero-order valence-corrected chi connectivity index (χ0v) is 12.2. The number of hydrogen-bond donors (Lipinski definition) is 1. The molecule has 21 heavy (non-hydrogen) atoms. The lowest BCUT2D eigenvalue weighted by Gasteiger charge is -2.09. The van der Waals surface area contributed by atoms with Crippen molar-refractivity contribution < 1.29 is 4.74 Å². The first-order chi connectivity index (χ1) is 10.3. The number of nitrogens with two attached hydrogens (primary N) is 1. The molecule has 0 amide bonds. The van der Waals surface area contributed by atoms with Gasteiger partial charge in [-0.15, -0.1) is 0 Å². The van der Waals surface area contributed by atoms with Gasteiger partial charge in [0.15, 0.2) is 0 Å². The van der Waals surface area contributed by atoms with Crippen LogP contribution in [0.4, 0.5) is 0 Å². The minimum atomic E-state index is 0.451. The summed E-state index contributed by atoms with van der Waals surface area (Å²) in [6.07, 6.45) is 0. The molecule has 0 saturated carbocycles. The number of pyridine rings is 1. The molecule has 1 heterocycles. The Morgan fingerprint density at radius 1 is 1.05 bits per heavy atom. The summed E-state index contributed by atoms with van der Waals surface area (Å²) in [4.78, 5) is 4.51. The Bertz CT molecular complexity index is 756. The van der Waals surface area contributed by atoms with E-state index < -0.39 is 0 Å². The fraction of sp³-hybridized carbons (Fsp3) is 0.118. The monoisotopic (exact) mass is 298 g/mol. The SMILES string of the molecule is NCc1cc(OCc2ccc(Cl)cc2)nc2ccccc12. The summed E-state index contributed by atoms with van der Waals surface area (Å²) in [6, 6.07) is 17.4. The maximum absolute atomic E-state index is 5.87. The molecule has 0 fully saturated rings. The van der Waals surface area contributed by atoms with E-state index in [2.05, 4.69) is 4.98 Å². The summed E-state index contributed by atoms with van der Waals surface area (Å²) >= 11 is 5.87. The molecule has 0 saturated heterocycles. The lowest BCUT2D eigenvalue weighted by Crippen LogP contribution is -2.02. The van der Waals surface area contributed by atoms with E-state index >= 15 is 0 Å². The molecule has 106 valence electrons. The van der Waals surface area contributed by atoms with Crippen molar-refractivity contribution in [3.8, 4) is 5.88 Å². The van der Waals surface area contributed by atoms with E-state index in [9.17, 15) is 0 Å². The lowest BCUT2D eigenvalue weighted by atomic mass is 10.1. The van der Waals surface area contributed by atoms with Crippen LogP contribution < -0.4 is 10.5 Å². The molecular formula is C17H15ClN2O. The van der Waals surface area contributed by atoms with Crippen LogP contribution in [0.5, 0.6) is 5.88 Å². The van der Waals surface area contributed by atoms with E-state index in [-0.39, 0.29) is 0 Å². The number of rotatable bonds is 4. The third-order valence-corrected chi connectivity index (χ3v) is 3.55. The number of para-hydroxylation sites is 1. The van der Waals surface area contributed by atoms with Crippen LogP contribution in [-0.4, -0.2) is 4.98 Å². The van der Waals surface area contributed by atoms with Gasteiger partial charge in [0.1, 0.15) is 6.61 Å². The number of fused-ring (bicyclic) bond motifs is 1. The van der Waals surface area contributed by atoms with Gasteiger partial charge in [0.2, 0.25) is 5.88 Å². The second-order valence-corrected chi connectivity index (χ2v) is 5.19. The molecule has 0 bridgehead atoms. The third-order valence-electron chi connectivity index (χ3n) is 3.30. The van der Waals surface area contributed by atoms with Gasteiger partial charge in [-0.3, -0.25) is 0 Å². The van der Waals surface area contributed by atoms with Crippen molar-refractivity contribution in [2.45, 2.75) is 13.2 Å². The maximum Gasteiger partial charge on any atom is 0.214 e. The van der Waals surface area contributed by atoms with Crippen LogP contribution in [0.1, 0.15) is 11.1 Å². The van der Waals surface area contributed by atoms with Crippen LogP contribution in [0.2, 0.25) is 5.02 Å². The van der Waals surface area contributed by atoms with Gasteiger partial charge < -0.3 is 10.5 Å². The number of nitrogens with zero attached hydrogens (tertiary/aromatic N) is 1. The molecule has 0 aliphatic carbocycles. The molecule has 3 rings (SSSR count). The first kappa shape index (κ1) is 13.9. The average molecular weight is 299 g/mol. The van der Waals surface area contributed by atoms with E-state index in [4.69, 9.17) is 22.1 Å². The Hall–Kier alpha value is -2.10. The van der Waals surface area contributed by atoms with Crippen LogP contribution in [0.3, 0.4) is 0 Å². The summed E-state index contributed by atoms with van der Waals surface area (Å²) in [5.41, 5.74) is 8.78. The molecule has 1 aromatic heterocycles. The summed E-state index contributed by atoms with van der Waals surface area (Å²) in [6.45, 7) is 0.910. The van der Waals surface area contributed by atoms with Gasteiger partial charge in [-0.2, -0.15) is 0 Å². The van der Waals surface area contributed by atoms with E-state index in [0.717, 1.165) is 22.0 Å². The van der Waals surface area contributed by atoms with Crippen LogP contribution >= 0.6 is 11.6 Å². The second-order valence-electron chi connectivity index (χ2n) is 4.76. The molecule has 4 heteroatoms. The molecule has 0 unspecified atom stereocenters. The van der Waals surface area contributed by atoms with Crippen LogP contribution in [0.25, 0.3) is 10.9 Å². The molecular weight excluding hydrogens is 284 g/mol. The minimum Gasteiger partial charge on any atom is -0.473 e. The topological polar surface area (TPSA) is 48.1 Å². The van der Waals surface area contributed by atoms with Gasteiger partial charge in [0.25, 0.3) is 0 Å². The Morgan fingerprint density at radius 2 is 1.81 bits per heavy atom. The van der Waals surface area contributed by atoms with Gasteiger partial charge in [0.05, 0.1) is 5.52 Å². The van der Waals surface area contributed by atoms with Gasteiger partial charge in [-0.05, 0) is 29.3 Å². The van der Waals surface area contributed by atoms with Crippen molar-refractivity contribution in [3.05, 3.63) is 70.7 Å². The second kappa shape index (κ2) is 6.12. The zero-order valence-electron chi connectivity index (χ0n) is 11.4. The first-order valence-electron chi connectivity index (χ1n) is 6.72. The molecule has 3 aromatic rings. The number of hydrogen-bond acceptors (Lipinski definition) is 3. The highest BCUT2D eigenvalue weighted by Crippen LogP contribution is 2.22. The van der Waals surface area contributed by atoms with Crippen molar-refractivity contribution in [2.24, 2.45) is 5.73 Å². The van der Waals surface area contributed by atoms with Crippen molar-refractivity contribution in [1.29, 1.82) is 0 Å². The predicted octanol–water partition coefficient (Wildman–Crippen LogP) is 3.93. The highest BCUT2D eigenvalue weighted by atomic mass is 35.5. The van der Waals surface area contributed by atoms with E-state index in [1.54, 1.807) is 0 Å². The van der Waals surface area contributed by atoms with Crippen molar-refractivity contribution in [2.75, 3.05) is 0 Å². The summed E-state index contributed by atoms with van der Waals surface area (Å²) in [7, 11) is 0. The highest BCUT2D eigenvalue weighted by molar-refractivity contribution is 6.30. The fourth-order valence-corrected chi connectivity index (χ4v) is 2.33. The van der Waals surface area contributed by atoms with Gasteiger partial charge >= 0.3 is 0 Å². The largest absolute Gasteiger partial charge is 0.473 e. The summed E-state index contributed by atoms with van der Waals surface area (Å²) in [5, 5.41) is 1.78. The Balaban J connectivity index is 1.85. The van der Waals surface area contributed by atoms with Crippen molar-refractivity contribution in [1.82, 2.24) is 4.98 Å². The standard InChI is InChI=1S/C17H15ClN2O/c18-14-7-5-12(6-8-14)11-21-17-9-13(10-19)15-3-1-2-4-16(15)20-17/h1-9H,10-11,19H2. The van der Waals surface area contributed by atoms with E-state index in [0.29, 0.717) is 24.1 Å². The molecule has 0 aliphatic rings.